The zero-order valence-electron chi connectivity index (χ0n) is 9.64. The molecule has 2 aromatic rings. The highest BCUT2D eigenvalue weighted by molar-refractivity contribution is 6.63. The van der Waals surface area contributed by atoms with Crippen molar-refractivity contribution in [3.63, 3.8) is 0 Å². The van der Waals surface area contributed by atoms with Gasteiger partial charge in [0.15, 0.2) is 0 Å². The number of hydrogen-bond donors (Lipinski definition) is 0. The SMILES string of the molecule is O=C(Cl)CC(c1ccccc1)c1ccc(Cl)cc1. The summed E-state index contributed by atoms with van der Waals surface area (Å²) in [5, 5.41) is 0.349. The molecule has 0 bridgehead atoms. The maximum Gasteiger partial charge on any atom is 0.222 e. The van der Waals surface area contributed by atoms with Gasteiger partial charge >= 0.3 is 0 Å². The van der Waals surface area contributed by atoms with E-state index in [1.165, 1.54) is 0 Å². The van der Waals surface area contributed by atoms with E-state index in [2.05, 4.69) is 0 Å². The Morgan fingerprint density at radius 1 is 0.944 bits per heavy atom. The molecule has 0 N–H and O–H groups in total. The molecule has 0 aliphatic carbocycles. The van der Waals surface area contributed by atoms with Gasteiger partial charge in [-0.3, -0.25) is 4.79 Å². The molecule has 18 heavy (non-hydrogen) atoms. The summed E-state index contributed by atoms with van der Waals surface area (Å²) < 4.78 is 0. The van der Waals surface area contributed by atoms with E-state index in [1.54, 1.807) is 0 Å². The van der Waals surface area contributed by atoms with Crippen LogP contribution in [0, 0.1) is 0 Å². The lowest BCUT2D eigenvalue weighted by Gasteiger charge is -2.16. The quantitative estimate of drug-likeness (QED) is 0.746. The van der Waals surface area contributed by atoms with Crippen LogP contribution in [0.2, 0.25) is 5.02 Å². The average molecular weight is 279 g/mol. The summed E-state index contributed by atoms with van der Waals surface area (Å²) in [6, 6.07) is 17.4. The predicted molar refractivity (Wildman–Crippen MR) is 75.2 cm³/mol. The van der Waals surface area contributed by atoms with Crippen molar-refractivity contribution < 1.29 is 4.79 Å². The standard InChI is InChI=1S/C15H12Cl2O/c16-13-8-6-12(7-9-13)14(10-15(17)18)11-4-2-1-3-5-11/h1-9,14H,10H2. The Balaban J connectivity index is 2.36. The number of halogens is 2. The van der Waals surface area contributed by atoms with Gasteiger partial charge in [-0.1, -0.05) is 54.1 Å². The van der Waals surface area contributed by atoms with Crippen LogP contribution in [0.3, 0.4) is 0 Å². The predicted octanol–water partition coefficient (Wildman–Crippen LogP) is 4.63. The van der Waals surface area contributed by atoms with Crippen LogP contribution in [0.5, 0.6) is 0 Å². The Labute approximate surface area is 116 Å². The Bertz CT molecular complexity index is 520. The fraction of sp³-hybridized carbons (Fsp3) is 0.133. The molecule has 0 aliphatic rings. The number of carbonyl (C=O) groups is 1. The van der Waals surface area contributed by atoms with E-state index in [9.17, 15) is 4.79 Å². The lowest BCUT2D eigenvalue weighted by Crippen LogP contribution is -2.04. The fourth-order valence-electron chi connectivity index (χ4n) is 1.97. The van der Waals surface area contributed by atoms with E-state index in [1.807, 2.05) is 54.6 Å². The van der Waals surface area contributed by atoms with Crippen LogP contribution in [0.15, 0.2) is 54.6 Å². The van der Waals surface area contributed by atoms with Gasteiger partial charge in [0.05, 0.1) is 0 Å². The maximum atomic E-state index is 11.2. The van der Waals surface area contributed by atoms with E-state index in [0.717, 1.165) is 11.1 Å². The van der Waals surface area contributed by atoms with Gasteiger partial charge in [0, 0.05) is 17.4 Å². The van der Waals surface area contributed by atoms with Crippen molar-refractivity contribution in [1.29, 1.82) is 0 Å². The van der Waals surface area contributed by atoms with Gasteiger partial charge in [0.1, 0.15) is 0 Å². The van der Waals surface area contributed by atoms with Crippen LogP contribution in [0.25, 0.3) is 0 Å². The highest BCUT2D eigenvalue weighted by Crippen LogP contribution is 2.29. The van der Waals surface area contributed by atoms with Crippen molar-refractivity contribution >= 4 is 28.4 Å². The highest BCUT2D eigenvalue weighted by atomic mass is 35.5. The molecule has 0 heterocycles. The molecule has 0 saturated carbocycles. The van der Waals surface area contributed by atoms with E-state index in [0.29, 0.717) is 5.02 Å². The first-order chi connectivity index (χ1) is 8.66. The zero-order valence-corrected chi connectivity index (χ0v) is 11.2. The van der Waals surface area contributed by atoms with Crippen LogP contribution in [-0.4, -0.2) is 5.24 Å². The third-order valence-corrected chi connectivity index (χ3v) is 3.25. The smallest absolute Gasteiger partial charge is 0.222 e. The molecule has 1 nitrogen and oxygen atoms in total. The van der Waals surface area contributed by atoms with Gasteiger partial charge in [0.25, 0.3) is 0 Å². The molecule has 2 rings (SSSR count). The molecule has 0 amide bonds. The van der Waals surface area contributed by atoms with Gasteiger partial charge in [-0.2, -0.15) is 0 Å². The van der Waals surface area contributed by atoms with Crippen LogP contribution >= 0.6 is 23.2 Å². The molecule has 0 spiro atoms. The van der Waals surface area contributed by atoms with E-state index in [4.69, 9.17) is 23.2 Å². The first-order valence-corrected chi connectivity index (χ1v) is 6.41. The summed E-state index contributed by atoms with van der Waals surface area (Å²) in [6.45, 7) is 0. The van der Waals surface area contributed by atoms with Crippen LogP contribution in [0.4, 0.5) is 0 Å². The van der Waals surface area contributed by atoms with E-state index in [-0.39, 0.29) is 17.6 Å². The number of benzene rings is 2. The maximum absolute atomic E-state index is 11.2. The van der Waals surface area contributed by atoms with E-state index < -0.39 is 0 Å². The topological polar surface area (TPSA) is 17.1 Å². The molecule has 0 radical (unpaired) electrons. The van der Waals surface area contributed by atoms with Crippen molar-refractivity contribution in [2.24, 2.45) is 0 Å². The largest absolute Gasteiger partial charge is 0.281 e. The first-order valence-electron chi connectivity index (χ1n) is 5.65. The van der Waals surface area contributed by atoms with Gasteiger partial charge in [0.2, 0.25) is 5.24 Å². The molecule has 0 saturated heterocycles. The van der Waals surface area contributed by atoms with Crippen molar-refractivity contribution in [1.82, 2.24) is 0 Å². The second-order valence-electron chi connectivity index (χ2n) is 4.07. The van der Waals surface area contributed by atoms with Crippen LogP contribution in [0.1, 0.15) is 23.5 Å². The zero-order chi connectivity index (χ0) is 13.0. The summed E-state index contributed by atoms with van der Waals surface area (Å²) in [5.41, 5.74) is 2.12. The molecule has 1 atom stereocenters. The molecule has 0 aromatic heterocycles. The monoisotopic (exact) mass is 278 g/mol. The van der Waals surface area contributed by atoms with Gasteiger partial charge in [-0.15, -0.1) is 0 Å². The lowest BCUT2D eigenvalue weighted by atomic mass is 9.89. The van der Waals surface area contributed by atoms with Crippen molar-refractivity contribution in [2.45, 2.75) is 12.3 Å². The second-order valence-corrected chi connectivity index (χ2v) is 4.93. The Kier molecular flexibility index (Phi) is 4.40. The lowest BCUT2D eigenvalue weighted by molar-refractivity contribution is -0.111. The molecule has 2 aromatic carbocycles. The molecule has 92 valence electrons. The Morgan fingerprint density at radius 3 is 2.06 bits per heavy atom. The molecule has 1 unspecified atom stereocenters. The normalized spacial score (nSPS) is 12.1. The summed E-state index contributed by atoms with van der Waals surface area (Å²) in [6.07, 6.45) is 0.285. The van der Waals surface area contributed by atoms with Crippen molar-refractivity contribution in [2.75, 3.05) is 0 Å². The van der Waals surface area contributed by atoms with Crippen LogP contribution in [-0.2, 0) is 4.79 Å². The van der Waals surface area contributed by atoms with Crippen molar-refractivity contribution in [3.05, 3.63) is 70.7 Å². The Morgan fingerprint density at radius 2 is 1.50 bits per heavy atom. The minimum absolute atomic E-state index is 0.0199. The molecular formula is C15H12Cl2O. The molecule has 0 aliphatic heterocycles. The third kappa shape index (κ3) is 3.34. The third-order valence-electron chi connectivity index (χ3n) is 2.84. The summed E-state index contributed by atoms with van der Waals surface area (Å²) in [4.78, 5) is 11.2. The van der Waals surface area contributed by atoms with Crippen LogP contribution < -0.4 is 0 Å². The summed E-state index contributed by atoms with van der Waals surface area (Å²) in [5.74, 6) is -0.0199. The second kappa shape index (κ2) is 6.03. The highest BCUT2D eigenvalue weighted by Gasteiger charge is 2.16. The fourth-order valence-corrected chi connectivity index (χ4v) is 2.25. The van der Waals surface area contributed by atoms with Gasteiger partial charge < -0.3 is 0 Å². The molecule has 3 heteroatoms. The number of hydrogen-bond acceptors (Lipinski definition) is 1. The summed E-state index contributed by atoms with van der Waals surface area (Å²) in [7, 11) is 0. The van der Waals surface area contributed by atoms with E-state index >= 15 is 0 Å². The Hall–Kier alpha value is -1.31. The molecule has 0 fully saturated rings. The van der Waals surface area contributed by atoms with Gasteiger partial charge in [-0.25, -0.2) is 0 Å². The van der Waals surface area contributed by atoms with Crippen molar-refractivity contribution in [3.8, 4) is 0 Å². The number of rotatable bonds is 4. The average Bonchev–Trinajstić information content (AvgIpc) is 2.38. The number of carbonyl (C=O) groups excluding carboxylic acids is 1. The minimum atomic E-state index is -0.334. The van der Waals surface area contributed by atoms with Gasteiger partial charge in [-0.05, 0) is 34.9 Å². The minimum Gasteiger partial charge on any atom is -0.281 e. The molecular weight excluding hydrogens is 267 g/mol. The first kappa shape index (κ1) is 13.1. The summed E-state index contributed by atoms with van der Waals surface area (Å²) >= 11 is 11.4.